The molecule has 4 heteroatoms. The summed E-state index contributed by atoms with van der Waals surface area (Å²) in [5.74, 6) is 2.84. The molecule has 1 fully saturated rings. The van der Waals surface area contributed by atoms with Gasteiger partial charge in [0.15, 0.2) is 0 Å². The minimum atomic E-state index is 0.640. The van der Waals surface area contributed by atoms with Crippen molar-refractivity contribution in [1.29, 1.82) is 0 Å². The van der Waals surface area contributed by atoms with Crippen molar-refractivity contribution in [3.63, 3.8) is 0 Å². The molecule has 1 heterocycles. The average molecular weight is 366 g/mol. The van der Waals surface area contributed by atoms with Gasteiger partial charge in [-0.25, -0.2) is 0 Å². The van der Waals surface area contributed by atoms with Crippen LogP contribution in [0, 0.1) is 12.0 Å². The Morgan fingerprint density at radius 2 is 1.73 bits per heavy atom. The quantitative estimate of drug-likeness (QED) is 0.548. The van der Waals surface area contributed by atoms with Crippen LogP contribution >= 0.6 is 11.6 Å². The zero-order valence-electron chi connectivity index (χ0n) is 14.7. The minimum absolute atomic E-state index is 0.640. The van der Waals surface area contributed by atoms with Gasteiger partial charge in [-0.3, -0.25) is 0 Å². The van der Waals surface area contributed by atoms with Gasteiger partial charge in [0.05, 0.1) is 0 Å². The van der Waals surface area contributed by atoms with Gasteiger partial charge in [0.2, 0.25) is 11.7 Å². The van der Waals surface area contributed by atoms with Crippen molar-refractivity contribution in [1.82, 2.24) is 10.1 Å². The van der Waals surface area contributed by atoms with Gasteiger partial charge in [0.25, 0.3) is 0 Å². The van der Waals surface area contributed by atoms with Crippen molar-refractivity contribution in [2.24, 2.45) is 5.92 Å². The maximum absolute atomic E-state index is 5.92. The molecule has 133 valence electrons. The van der Waals surface area contributed by atoms with Gasteiger partial charge in [-0.15, -0.1) is 0 Å². The predicted molar refractivity (Wildman–Crippen MR) is 103 cm³/mol. The Kier molecular flexibility index (Phi) is 5.35. The van der Waals surface area contributed by atoms with E-state index in [-0.39, 0.29) is 0 Å². The molecular formula is C22H22ClN2O. The van der Waals surface area contributed by atoms with Gasteiger partial charge in [0, 0.05) is 17.0 Å². The van der Waals surface area contributed by atoms with Crippen LogP contribution in [-0.4, -0.2) is 10.1 Å². The molecule has 1 aromatic heterocycles. The van der Waals surface area contributed by atoms with Crippen molar-refractivity contribution < 1.29 is 4.52 Å². The second kappa shape index (κ2) is 8.05. The van der Waals surface area contributed by atoms with Crippen LogP contribution in [-0.2, 0) is 6.42 Å². The topological polar surface area (TPSA) is 38.9 Å². The van der Waals surface area contributed by atoms with Crippen LogP contribution in [0.5, 0.6) is 0 Å². The fraction of sp³-hybridized carbons (Fsp3) is 0.364. The van der Waals surface area contributed by atoms with E-state index in [9.17, 15) is 0 Å². The number of hydrogen-bond donors (Lipinski definition) is 0. The number of benzene rings is 2. The summed E-state index contributed by atoms with van der Waals surface area (Å²) < 4.78 is 5.43. The van der Waals surface area contributed by atoms with Crippen LogP contribution in [0.3, 0.4) is 0 Å². The normalized spacial score (nSPS) is 20.2. The third-order valence-corrected chi connectivity index (χ3v) is 5.65. The second-order valence-electron chi connectivity index (χ2n) is 7.11. The summed E-state index contributed by atoms with van der Waals surface area (Å²) in [6.07, 6.45) is 7.08. The number of halogens is 1. The van der Waals surface area contributed by atoms with Crippen LogP contribution in [0.15, 0.2) is 53.1 Å². The Morgan fingerprint density at radius 1 is 1.00 bits per heavy atom. The second-order valence-corrected chi connectivity index (χ2v) is 7.54. The summed E-state index contributed by atoms with van der Waals surface area (Å²) in [7, 11) is 0. The Hall–Kier alpha value is -2.13. The standard InChI is InChI=1S/C22H22ClN2O/c23-20-13-11-19(12-14-20)22-24-21(26-25-22)15-8-16-6-9-18(10-7-16)17-4-2-1-3-5-17/h2-5,11-14,16,18H,6-10,15H2. The zero-order valence-corrected chi connectivity index (χ0v) is 15.5. The fourth-order valence-electron chi connectivity index (χ4n) is 3.86. The van der Waals surface area contributed by atoms with Crippen LogP contribution < -0.4 is 0 Å². The third kappa shape index (κ3) is 4.16. The summed E-state index contributed by atoms with van der Waals surface area (Å²) in [6.45, 7) is 0. The maximum atomic E-state index is 5.92. The summed E-state index contributed by atoms with van der Waals surface area (Å²) in [4.78, 5) is 4.53. The van der Waals surface area contributed by atoms with Crippen LogP contribution in [0.1, 0.15) is 49.5 Å². The van der Waals surface area contributed by atoms with E-state index in [1.54, 1.807) is 0 Å². The number of rotatable bonds is 5. The van der Waals surface area contributed by atoms with Crippen molar-refractivity contribution >= 4 is 11.6 Å². The van der Waals surface area contributed by atoms with Crippen LogP contribution in [0.2, 0.25) is 5.02 Å². The highest BCUT2D eigenvalue weighted by Crippen LogP contribution is 2.37. The molecule has 2 aromatic carbocycles. The molecule has 1 radical (unpaired) electrons. The molecular weight excluding hydrogens is 344 g/mol. The smallest absolute Gasteiger partial charge is 0.226 e. The first-order valence-corrected chi connectivity index (χ1v) is 9.70. The van der Waals surface area contributed by atoms with Gasteiger partial charge < -0.3 is 4.52 Å². The summed E-state index contributed by atoms with van der Waals surface area (Å²) in [6, 6.07) is 19.1. The highest BCUT2D eigenvalue weighted by Gasteiger charge is 2.22. The maximum Gasteiger partial charge on any atom is 0.226 e. The Labute approximate surface area is 159 Å². The molecule has 26 heavy (non-hydrogen) atoms. The van der Waals surface area contributed by atoms with Crippen molar-refractivity contribution in [3.8, 4) is 11.4 Å². The molecule has 0 saturated heterocycles. The molecule has 0 unspecified atom stereocenters. The number of aromatic nitrogens is 2. The molecule has 1 saturated carbocycles. The van der Waals surface area contributed by atoms with Gasteiger partial charge >= 0.3 is 0 Å². The lowest BCUT2D eigenvalue weighted by Crippen LogP contribution is -2.14. The molecule has 0 N–H and O–H groups in total. The first kappa shape index (κ1) is 17.3. The number of nitrogens with zero attached hydrogens (tertiary/aromatic N) is 2. The van der Waals surface area contributed by atoms with E-state index in [1.807, 2.05) is 36.4 Å². The summed E-state index contributed by atoms with van der Waals surface area (Å²) >= 11 is 5.92. The Morgan fingerprint density at radius 3 is 2.46 bits per heavy atom. The van der Waals surface area contributed by atoms with Gasteiger partial charge in [-0.2, -0.15) is 4.98 Å². The zero-order chi connectivity index (χ0) is 17.8. The van der Waals surface area contributed by atoms with Gasteiger partial charge in [-0.05, 0) is 79.8 Å². The SMILES string of the molecule is Clc1ccc(-c2noc(CCC3CCC(c4cc[c]cc4)CC3)n2)cc1. The molecule has 0 amide bonds. The lowest BCUT2D eigenvalue weighted by atomic mass is 9.77. The lowest BCUT2D eigenvalue weighted by Gasteiger charge is -2.28. The predicted octanol–water partition coefficient (Wildman–Crippen LogP) is 6.10. The van der Waals surface area contributed by atoms with Crippen molar-refractivity contribution in [2.75, 3.05) is 0 Å². The Bertz CT molecular complexity index is 821. The lowest BCUT2D eigenvalue weighted by molar-refractivity contribution is 0.295. The van der Waals surface area contributed by atoms with Crippen LogP contribution in [0.25, 0.3) is 11.4 Å². The molecule has 0 bridgehead atoms. The summed E-state index contributed by atoms with van der Waals surface area (Å²) in [5, 5.41) is 4.81. The molecule has 3 nitrogen and oxygen atoms in total. The molecule has 0 atom stereocenters. The fourth-order valence-corrected chi connectivity index (χ4v) is 3.98. The highest BCUT2D eigenvalue weighted by molar-refractivity contribution is 6.30. The van der Waals surface area contributed by atoms with Crippen LogP contribution in [0.4, 0.5) is 0 Å². The van der Waals surface area contributed by atoms with E-state index < -0.39 is 0 Å². The van der Waals surface area contributed by atoms with Crippen molar-refractivity contribution in [2.45, 2.75) is 44.4 Å². The highest BCUT2D eigenvalue weighted by atomic mass is 35.5. The molecule has 0 spiro atoms. The molecule has 1 aliphatic carbocycles. The van der Waals surface area contributed by atoms with E-state index in [2.05, 4.69) is 28.3 Å². The molecule has 4 rings (SSSR count). The number of aryl methyl sites for hydroxylation is 1. The molecule has 1 aliphatic rings. The third-order valence-electron chi connectivity index (χ3n) is 5.40. The first-order valence-electron chi connectivity index (χ1n) is 9.32. The largest absolute Gasteiger partial charge is 0.339 e. The van der Waals surface area contributed by atoms with Gasteiger partial charge in [-0.1, -0.05) is 41.0 Å². The monoisotopic (exact) mass is 365 g/mol. The van der Waals surface area contributed by atoms with E-state index in [4.69, 9.17) is 16.1 Å². The van der Waals surface area contributed by atoms with E-state index >= 15 is 0 Å². The number of hydrogen-bond acceptors (Lipinski definition) is 3. The Balaban J connectivity index is 1.28. The molecule has 0 aliphatic heterocycles. The van der Waals surface area contributed by atoms with E-state index in [0.29, 0.717) is 16.8 Å². The first-order chi connectivity index (χ1) is 12.8. The minimum Gasteiger partial charge on any atom is -0.339 e. The summed E-state index contributed by atoms with van der Waals surface area (Å²) in [5.41, 5.74) is 2.40. The van der Waals surface area contributed by atoms with E-state index in [0.717, 1.165) is 30.2 Å². The van der Waals surface area contributed by atoms with E-state index in [1.165, 1.54) is 31.2 Å². The van der Waals surface area contributed by atoms with Gasteiger partial charge in [0.1, 0.15) is 0 Å². The molecule has 3 aromatic rings. The van der Waals surface area contributed by atoms with Crippen molar-refractivity contribution in [3.05, 3.63) is 71.1 Å². The average Bonchev–Trinajstić information content (AvgIpc) is 3.17.